The summed E-state index contributed by atoms with van der Waals surface area (Å²) in [6, 6.07) is 6.21. The lowest BCUT2D eigenvalue weighted by Gasteiger charge is -2.10. The van der Waals surface area contributed by atoms with Gasteiger partial charge in [0.15, 0.2) is 0 Å². The zero-order valence-corrected chi connectivity index (χ0v) is 10.7. The van der Waals surface area contributed by atoms with Crippen molar-refractivity contribution in [2.75, 3.05) is 18.4 Å². The van der Waals surface area contributed by atoms with E-state index in [1.165, 1.54) is 10.9 Å². The third-order valence-corrected chi connectivity index (χ3v) is 3.11. The minimum absolute atomic E-state index is 0.602. The van der Waals surface area contributed by atoms with Crippen LogP contribution in [0.25, 0.3) is 10.8 Å². The highest BCUT2D eigenvalue weighted by Crippen LogP contribution is 2.30. The third kappa shape index (κ3) is 2.03. The molecule has 0 saturated carbocycles. The summed E-state index contributed by atoms with van der Waals surface area (Å²) >= 11 is 3.54. The first-order valence-electron chi connectivity index (χ1n) is 5.22. The third-order valence-electron chi connectivity index (χ3n) is 2.51. The van der Waals surface area contributed by atoms with Crippen molar-refractivity contribution in [3.05, 3.63) is 34.4 Å². The van der Waals surface area contributed by atoms with E-state index in [9.17, 15) is 0 Å². The van der Waals surface area contributed by atoms with Crippen LogP contribution in [0.1, 0.15) is 5.56 Å². The SMILES string of the molecule is Cc1cccc2c(NCCN)ncc(Br)c12. The summed E-state index contributed by atoms with van der Waals surface area (Å²) in [4.78, 5) is 4.37. The van der Waals surface area contributed by atoms with E-state index in [1.807, 2.05) is 12.3 Å². The van der Waals surface area contributed by atoms with Gasteiger partial charge in [0.2, 0.25) is 0 Å². The number of nitrogens with two attached hydrogens (primary N) is 1. The Balaban J connectivity index is 2.60. The number of halogens is 1. The number of nitrogens with one attached hydrogen (secondary N) is 1. The predicted octanol–water partition coefficient (Wildman–Crippen LogP) is 2.68. The highest BCUT2D eigenvalue weighted by molar-refractivity contribution is 9.10. The maximum absolute atomic E-state index is 5.48. The standard InChI is InChI=1S/C12H14BrN3/c1-8-3-2-4-9-11(8)10(13)7-16-12(9)15-6-5-14/h2-4,7H,5-6,14H2,1H3,(H,15,16). The van der Waals surface area contributed by atoms with Gasteiger partial charge in [-0.3, -0.25) is 0 Å². The number of fused-ring (bicyclic) bond motifs is 1. The predicted molar refractivity (Wildman–Crippen MR) is 71.7 cm³/mol. The Morgan fingerprint density at radius 3 is 3.00 bits per heavy atom. The molecule has 0 bridgehead atoms. The fourth-order valence-electron chi connectivity index (χ4n) is 1.77. The fraction of sp³-hybridized carbons (Fsp3) is 0.250. The number of hydrogen-bond acceptors (Lipinski definition) is 3. The number of aryl methyl sites for hydroxylation is 1. The van der Waals surface area contributed by atoms with Gasteiger partial charge in [0.25, 0.3) is 0 Å². The molecule has 0 radical (unpaired) electrons. The Morgan fingerprint density at radius 1 is 1.44 bits per heavy atom. The van der Waals surface area contributed by atoms with Gasteiger partial charge in [-0.15, -0.1) is 0 Å². The summed E-state index contributed by atoms with van der Waals surface area (Å²) in [5, 5.41) is 5.57. The number of hydrogen-bond donors (Lipinski definition) is 2. The van der Waals surface area contributed by atoms with Crippen molar-refractivity contribution >= 4 is 32.5 Å². The van der Waals surface area contributed by atoms with Crippen LogP contribution in [0.15, 0.2) is 28.9 Å². The van der Waals surface area contributed by atoms with E-state index in [1.54, 1.807) is 0 Å². The number of aromatic nitrogens is 1. The number of pyridine rings is 1. The number of rotatable bonds is 3. The van der Waals surface area contributed by atoms with E-state index in [-0.39, 0.29) is 0 Å². The molecule has 0 aliphatic rings. The van der Waals surface area contributed by atoms with Crippen LogP contribution in [0, 0.1) is 6.92 Å². The molecule has 3 nitrogen and oxygen atoms in total. The molecule has 1 aromatic carbocycles. The van der Waals surface area contributed by atoms with Crippen LogP contribution in [-0.2, 0) is 0 Å². The maximum Gasteiger partial charge on any atom is 0.133 e. The molecule has 2 aromatic rings. The highest BCUT2D eigenvalue weighted by Gasteiger charge is 2.06. The first-order valence-corrected chi connectivity index (χ1v) is 6.01. The summed E-state index contributed by atoms with van der Waals surface area (Å²) in [5.41, 5.74) is 6.72. The van der Waals surface area contributed by atoms with Crippen LogP contribution in [-0.4, -0.2) is 18.1 Å². The summed E-state index contributed by atoms with van der Waals surface area (Å²) in [7, 11) is 0. The van der Waals surface area contributed by atoms with Gasteiger partial charge in [-0.25, -0.2) is 4.98 Å². The van der Waals surface area contributed by atoms with Gasteiger partial charge in [-0.1, -0.05) is 18.2 Å². The Morgan fingerprint density at radius 2 is 2.25 bits per heavy atom. The quantitative estimate of drug-likeness (QED) is 0.908. The molecule has 84 valence electrons. The van der Waals surface area contributed by atoms with Gasteiger partial charge in [-0.05, 0) is 28.4 Å². The van der Waals surface area contributed by atoms with Crippen molar-refractivity contribution in [1.29, 1.82) is 0 Å². The lowest BCUT2D eigenvalue weighted by Crippen LogP contribution is -2.14. The Bertz CT molecular complexity index is 503. The van der Waals surface area contributed by atoms with Crippen molar-refractivity contribution < 1.29 is 0 Å². The van der Waals surface area contributed by atoms with Gasteiger partial charge in [0.05, 0.1) is 0 Å². The van der Waals surface area contributed by atoms with Crippen LogP contribution in [0.3, 0.4) is 0 Å². The van der Waals surface area contributed by atoms with Gasteiger partial charge in [0.1, 0.15) is 5.82 Å². The Labute approximate surface area is 103 Å². The second-order valence-corrected chi connectivity index (χ2v) is 4.52. The molecule has 1 aromatic heterocycles. The molecule has 0 fully saturated rings. The molecule has 16 heavy (non-hydrogen) atoms. The second-order valence-electron chi connectivity index (χ2n) is 3.67. The van der Waals surface area contributed by atoms with Crippen LogP contribution < -0.4 is 11.1 Å². The second kappa shape index (κ2) is 4.80. The monoisotopic (exact) mass is 279 g/mol. The highest BCUT2D eigenvalue weighted by atomic mass is 79.9. The normalized spacial score (nSPS) is 10.7. The van der Waals surface area contributed by atoms with E-state index < -0.39 is 0 Å². The molecule has 3 N–H and O–H groups in total. The molecule has 1 heterocycles. The Hall–Kier alpha value is -1.13. The van der Waals surface area contributed by atoms with Gasteiger partial charge in [0, 0.05) is 34.5 Å². The van der Waals surface area contributed by atoms with Gasteiger partial charge < -0.3 is 11.1 Å². The summed E-state index contributed by atoms with van der Waals surface area (Å²) in [6.07, 6.45) is 1.83. The summed E-state index contributed by atoms with van der Waals surface area (Å²) in [5.74, 6) is 0.896. The minimum Gasteiger partial charge on any atom is -0.368 e. The summed E-state index contributed by atoms with van der Waals surface area (Å²) < 4.78 is 1.03. The van der Waals surface area contributed by atoms with E-state index >= 15 is 0 Å². The molecule has 2 rings (SSSR count). The molecular formula is C12H14BrN3. The van der Waals surface area contributed by atoms with E-state index in [0.717, 1.165) is 22.2 Å². The van der Waals surface area contributed by atoms with Crippen LogP contribution in [0.5, 0.6) is 0 Å². The Kier molecular flexibility index (Phi) is 3.41. The largest absolute Gasteiger partial charge is 0.368 e. The summed E-state index contributed by atoms with van der Waals surface area (Å²) in [6.45, 7) is 3.43. The molecule has 0 saturated heterocycles. The molecule has 0 spiro atoms. The number of benzene rings is 1. The molecule has 0 unspecified atom stereocenters. The molecule has 4 heteroatoms. The lowest BCUT2D eigenvalue weighted by atomic mass is 10.1. The van der Waals surface area contributed by atoms with E-state index in [4.69, 9.17) is 5.73 Å². The number of nitrogens with zero attached hydrogens (tertiary/aromatic N) is 1. The molecule has 0 aliphatic heterocycles. The van der Waals surface area contributed by atoms with Crippen LogP contribution in [0.2, 0.25) is 0 Å². The average Bonchev–Trinajstić information content (AvgIpc) is 2.28. The van der Waals surface area contributed by atoms with Crippen LogP contribution >= 0.6 is 15.9 Å². The molecule has 0 aliphatic carbocycles. The van der Waals surface area contributed by atoms with E-state index in [0.29, 0.717) is 6.54 Å². The first kappa shape index (κ1) is 11.4. The molecular weight excluding hydrogens is 266 g/mol. The van der Waals surface area contributed by atoms with Gasteiger partial charge >= 0.3 is 0 Å². The maximum atomic E-state index is 5.48. The minimum atomic E-state index is 0.602. The lowest BCUT2D eigenvalue weighted by molar-refractivity contribution is 1.01. The van der Waals surface area contributed by atoms with Crippen molar-refractivity contribution in [3.8, 4) is 0 Å². The zero-order valence-electron chi connectivity index (χ0n) is 9.13. The molecule has 0 atom stereocenters. The van der Waals surface area contributed by atoms with Crippen molar-refractivity contribution in [2.24, 2.45) is 5.73 Å². The van der Waals surface area contributed by atoms with Crippen molar-refractivity contribution in [1.82, 2.24) is 4.98 Å². The average molecular weight is 280 g/mol. The van der Waals surface area contributed by atoms with Crippen molar-refractivity contribution in [3.63, 3.8) is 0 Å². The zero-order chi connectivity index (χ0) is 11.5. The van der Waals surface area contributed by atoms with E-state index in [2.05, 4.69) is 45.3 Å². The van der Waals surface area contributed by atoms with Gasteiger partial charge in [-0.2, -0.15) is 0 Å². The molecule has 0 amide bonds. The first-order chi connectivity index (χ1) is 7.74. The smallest absolute Gasteiger partial charge is 0.133 e. The van der Waals surface area contributed by atoms with Crippen LogP contribution in [0.4, 0.5) is 5.82 Å². The fourth-order valence-corrected chi connectivity index (χ4v) is 2.40. The topological polar surface area (TPSA) is 50.9 Å². The number of anilines is 1. The van der Waals surface area contributed by atoms with Crippen molar-refractivity contribution in [2.45, 2.75) is 6.92 Å².